The first-order valence-corrected chi connectivity index (χ1v) is 25.6. The van der Waals surface area contributed by atoms with Crippen molar-refractivity contribution >= 4 is 46.3 Å². The van der Waals surface area contributed by atoms with Crippen molar-refractivity contribution in [3.05, 3.63) is 106 Å². The van der Waals surface area contributed by atoms with E-state index in [0.717, 1.165) is 12.8 Å². The molecule has 4 heteroatoms. The first-order valence-electron chi connectivity index (χ1n) is 15.2. The Bertz CT molecular complexity index is 1650. The molecule has 0 spiro atoms. The fraction of sp³-hybridized carbons (Fsp3) is 0.297. The van der Waals surface area contributed by atoms with Crippen LogP contribution in [-0.4, -0.2) is 9.52 Å². The molecule has 6 rings (SSSR count). The first kappa shape index (κ1) is 29.4. The molecule has 1 aliphatic carbocycles. The summed E-state index contributed by atoms with van der Waals surface area (Å²) in [6.07, 6.45) is 4.61. The van der Waals surface area contributed by atoms with Gasteiger partial charge in [-0.3, -0.25) is 0 Å². The number of benzene rings is 4. The van der Waals surface area contributed by atoms with Crippen LogP contribution in [-0.2, 0) is 24.3 Å². The van der Waals surface area contributed by atoms with Gasteiger partial charge in [0.2, 0.25) is 0 Å². The second-order valence-electron chi connectivity index (χ2n) is 12.7. The SMILES string of the molecule is CCCc1ccc2c(c1-c1cc(C(C)C)cc(C(C)C)c1)C=C(C)[CH]2[Zr]([Cl])([Cl])[c]1cccc2c1[SiH2]c1ccccc1-2. The Kier molecular flexibility index (Phi) is 8.18. The molecule has 0 saturated carbocycles. The standard InChI is InChI=1S/C25H31.C12H9Si.2ClH.Zr/c1-7-8-19-9-10-20-11-18(6)12-24(20)25(19)23-14-21(16(2)3)13-22(15-23)17(4)5;1-3-7-11-9(5-1)10-6-2-4-8-12(10)13-11;;;/h9-17H,7-8H2,1-6H3;1-7H,13H2;2*1H;/q;;;;+2/p-2. The fourth-order valence-corrected chi connectivity index (χ4v) is 24.2. The van der Waals surface area contributed by atoms with Crippen LogP contribution >= 0.6 is 17.0 Å². The van der Waals surface area contributed by atoms with E-state index in [-0.39, 0.29) is 3.63 Å². The Labute approximate surface area is 260 Å². The molecule has 0 N–H and O–H groups in total. The van der Waals surface area contributed by atoms with Crippen LogP contribution < -0.4 is 13.6 Å². The van der Waals surface area contributed by atoms with E-state index in [2.05, 4.69) is 120 Å². The van der Waals surface area contributed by atoms with Gasteiger partial charge in [0, 0.05) is 0 Å². The van der Waals surface area contributed by atoms with Crippen LogP contribution in [0.4, 0.5) is 0 Å². The molecule has 0 amide bonds. The zero-order valence-corrected chi connectivity index (χ0v) is 30.5. The molecule has 0 saturated heterocycles. The number of allylic oxidation sites excluding steroid dienone is 1. The Morgan fingerprint density at radius 3 is 2.20 bits per heavy atom. The summed E-state index contributed by atoms with van der Waals surface area (Å²) in [5.74, 6) is 0.957. The molecule has 1 heterocycles. The normalized spacial score (nSPS) is 16.3. The van der Waals surface area contributed by atoms with Gasteiger partial charge in [0.1, 0.15) is 0 Å². The molecular weight excluding hydrogens is 635 g/mol. The topological polar surface area (TPSA) is 0 Å². The van der Waals surface area contributed by atoms with Crippen molar-refractivity contribution in [1.29, 1.82) is 0 Å². The van der Waals surface area contributed by atoms with E-state index in [4.69, 9.17) is 17.0 Å². The van der Waals surface area contributed by atoms with E-state index < -0.39 is 27.4 Å². The van der Waals surface area contributed by atoms with Crippen molar-refractivity contribution in [1.82, 2.24) is 0 Å². The van der Waals surface area contributed by atoms with Gasteiger partial charge in [-0.1, -0.05) is 0 Å². The van der Waals surface area contributed by atoms with Crippen LogP contribution in [0.3, 0.4) is 0 Å². The molecule has 4 aromatic rings. The maximum atomic E-state index is 7.81. The molecule has 0 nitrogen and oxygen atoms in total. The van der Waals surface area contributed by atoms with Gasteiger partial charge in [-0.2, -0.15) is 0 Å². The van der Waals surface area contributed by atoms with E-state index in [9.17, 15) is 0 Å². The van der Waals surface area contributed by atoms with E-state index in [0.29, 0.717) is 11.8 Å². The number of hydrogen-bond donors (Lipinski definition) is 0. The van der Waals surface area contributed by atoms with E-state index in [1.165, 1.54) is 69.3 Å². The number of aryl methyl sites for hydroxylation is 1. The zero-order valence-electron chi connectivity index (χ0n) is 25.1. The summed E-state index contributed by atoms with van der Waals surface area (Å²) in [5.41, 5.74) is 13.8. The molecule has 0 bridgehead atoms. The number of hydrogen-bond acceptors (Lipinski definition) is 0. The molecule has 1 atom stereocenters. The summed E-state index contributed by atoms with van der Waals surface area (Å²) in [6, 6.07) is 27.7. The first-order chi connectivity index (χ1) is 19.6. The van der Waals surface area contributed by atoms with Crippen molar-refractivity contribution in [2.75, 3.05) is 0 Å². The zero-order chi connectivity index (χ0) is 29.1. The van der Waals surface area contributed by atoms with Crippen LogP contribution in [0.15, 0.2) is 78.4 Å². The Hall–Kier alpha value is -1.70. The van der Waals surface area contributed by atoms with Gasteiger partial charge in [0.05, 0.1) is 0 Å². The van der Waals surface area contributed by atoms with E-state index >= 15 is 0 Å². The summed E-state index contributed by atoms with van der Waals surface area (Å²) < 4.78 is 1.41. The second-order valence-corrected chi connectivity index (χ2v) is 28.5. The molecule has 2 aliphatic rings. The van der Waals surface area contributed by atoms with Gasteiger partial charge in [-0.25, -0.2) is 0 Å². The van der Waals surface area contributed by atoms with Crippen molar-refractivity contribution in [2.24, 2.45) is 0 Å². The maximum absolute atomic E-state index is 7.81. The predicted molar refractivity (Wildman–Crippen MR) is 181 cm³/mol. The fourth-order valence-electron chi connectivity index (χ4n) is 7.06. The van der Waals surface area contributed by atoms with E-state index in [1.807, 2.05) is 0 Å². The number of rotatable bonds is 7. The summed E-state index contributed by atoms with van der Waals surface area (Å²) in [7, 11) is 15.0. The van der Waals surface area contributed by atoms with Gasteiger partial charge >= 0.3 is 262 Å². The Morgan fingerprint density at radius 1 is 0.829 bits per heavy atom. The molecule has 0 radical (unpaired) electrons. The van der Waals surface area contributed by atoms with Crippen molar-refractivity contribution < 1.29 is 17.9 Å². The van der Waals surface area contributed by atoms with Gasteiger partial charge in [-0.15, -0.1) is 0 Å². The van der Waals surface area contributed by atoms with Crippen molar-refractivity contribution in [3.63, 3.8) is 0 Å². The molecular formula is C37H40Cl2SiZr. The third kappa shape index (κ3) is 5.12. The van der Waals surface area contributed by atoms with Crippen LogP contribution in [0.2, 0.25) is 0 Å². The molecule has 4 aromatic carbocycles. The predicted octanol–water partition coefficient (Wildman–Crippen LogP) is 8.90. The monoisotopic (exact) mass is 672 g/mol. The third-order valence-corrected chi connectivity index (χ3v) is 23.8. The summed E-state index contributed by atoms with van der Waals surface area (Å²) >= 11 is -3.94. The molecule has 0 fully saturated rings. The number of fused-ring (bicyclic) bond motifs is 4. The summed E-state index contributed by atoms with van der Waals surface area (Å²) in [5, 5.41) is 3.01. The molecule has 0 aromatic heterocycles. The molecule has 1 aliphatic heterocycles. The summed E-state index contributed by atoms with van der Waals surface area (Å²) in [6.45, 7) is 13.8. The van der Waals surface area contributed by atoms with Crippen LogP contribution in [0.5, 0.6) is 0 Å². The minimum atomic E-state index is -3.94. The van der Waals surface area contributed by atoms with Gasteiger partial charge < -0.3 is 0 Å². The van der Waals surface area contributed by atoms with Crippen LogP contribution in [0.25, 0.3) is 28.3 Å². The molecule has 1 unspecified atom stereocenters. The van der Waals surface area contributed by atoms with Gasteiger partial charge in [0.15, 0.2) is 0 Å². The van der Waals surface area contributed by atoms with E-state index in [1.54, 1.807) is 0 Å². The molecule has 210 valence electrons. The third-order valence-electron chi connectivity index (χ3n) is 9.20. The molecule has 41 heavy (non-hydrogen) atoms. The summed E-state index contributed by atoms with van der Waals surface area (Å²) in [4.78, 5) is 0. The average Bonchev–Trinajstić information content (AvgIpc) is 3.50. The van der Waals surface area contributed by atoms with Gasteiger partial charge in [-0.05, 0) is 0 Å². The van der Waals surface area contributed by atoms with Crippen LogP contribution in [0.1, 0.15) is 91.2 Å². The number of halogens is 2. The van der Waals surface area contributed by atoms with Gasteiger partial charge in [0.25, 0.3) is 0 Å². The van der Waals surface area contributed by atoms with Crippen LogP contribution in [0, 0.1) is 0 Å². The Balaban J connectivity index is 1.52. The second kappa shape index (κ2) is 11.4. The van der Waals surface area contributed by atoms with Crippen molar-refractivity contribution in [2.45, 2.75) is 69.8 Å². The van der Waals surface area contributed by atoms with Crippen molar-refractivity contribution in [3.8, 4) is 22.3 Å². The average molecular weight is 675 g/mol. The minimum absolute atomic E-state index is 0.110. The quantitative estimate of drug-likeness (QED) is 0.151. The Morgan fingerprint density at radius 2 is 1.51 bits per heavy atom.